The van der Waals surface area contributed by atoms with Crippen LogP contribution in [0.15, 0.2) is 22.8 Å². The summed E-state index contributed by atoms with van der Waals surface area (Å²) < 4.78 is 5.36. The van der Waals surface area contributed by atoms with Crippen molar-refractivity contribution in [1.29, 1.82) is 0 Å². The number of hydrogen-bond donors (Lipinski definition) is 1. The van der Waals surface area contributed by atoms with Gasteiger partial charge >= 0.3 is 0 Å². The van der Waals surface area contributed by atoms with Gasteiger partial charge in [-0.3, -0.25) is 0 Å². The van der Waals surface area contributed by atoms with Crippen LogP contribution in [0, 0.1) is 19.8 Å². The fourth-order valence-electron chi connectivity index (χ4n) is 2.22. The summed E-state index contributed by atoms with van der Waals surface area (Å²) in [6, 6.07) is 3.74. The van der Waals surface area contributed by atoms with Crippen LogP contribution in [0.2, 0.25) is 0 Å². The standard InChI is InChI=1S/C16H23N3O/c1-11(2)10-17-8-7-14-12(3)18-16(19-13(14)4)15-6-5-9-20-15/h5-6,9,11,17H,7-8,10H2,1-4H3. The first-order valence-corrected chi connectivity index (χ1v) is 7.16. The van der Waals surface area contributed by atoms with E-state index in [1.165, 1.54) is 5.56 Å². The molecule has 0 aliphatic carbocycles. The van der Waals surface area contributed by atoms with Gasteiger partial charge in [0.15, 0.2) is 11.6 Å². The third-order valence-corrected chi connectivity index (χ3v) is 3.27. The lowest BCUT2D eigenvalue weighted by Gasteiger charge is -2.11. The summed E-state index contributed by atoms with van der Waals surface area (Å²) in [6.07, 6.45) is 2.61. The second kappa shape index (κ2) is 6.66. The molecule has 0 saturated carbocycles. The number of aryl methyl sites for hydroxylation is 2. The van der Waals surface area contributed by atoms with E-state index >= 15 is 0 Å². The van der Waals surface area contributed by atoms with Crippen LogP contribution < -0.4 is 5.32 Å². The first-order valence-electron chi connectivity index (χ1n) is 7.16. The van der Waals surface area contributed by atoms with Crippen molar-refractivity contribution in [1.82, 2.24) is 15.3 Å². The minimum absolute atomic E-state index is 0.670. The number of hydrogen-bond acceptors (Lipinski definition) is 4. The van der Waals surface area contributed by atoms with E-state index in [1.807, 2.05) is 26.0 Å². The van der Waals surface area contributed by atoms with Gasteiger partial charge in [-0.25, -0.2) is 9.97 Å². The lowest BCUT2D eigenvalue weighted by atomic mass is 10.1. The van der Waals surface area contributed by atoms with Crippen molar-refractivity contribution in [3.8, 4) is 11.6 Å². The van der Waals surface area contributed by atoms with Gasteiger partial charge in [-0.2, -0.15) is 0 Å². The predicted molar refractivity (Wildman–Crippen MR) is 80.6 cm³/mol. The first kappa shape index (κ1) is 14.7. The molecule has 20 heavy (non-hydrogen) atoms. The molecule has 0 atom stereocenters. The molecular weight excluding hydrogens is 250 g/mol. The van der Waals surface area contributed by atoms with Gasteiger partial charge in [-0.05, 0) is 57.0 Å². The zero-order valence-electron chi connectivity index (χ0n) is 12.7. The molecular formula is C16H23N3O. The summed E-state index contributed by atoms with van der Waals surface area (Å²) in [4.78, 5) is 9.12. The number of aromatic nitrogens is 2. The quantitative estimate of drug-likeness (QED) is 0.821. The fraction of sp³-hybridized carbons (Fsp3) is 0.500. The van der Waals surface area contributed by atoms with Crippen molar-refractivity contribution in [3.05, 3.63) is 35.3 Å². The Morgan fingerprint density at radius 2 is 1.90 bits per heavy atom. The molecule has 0 aliphatic rings. The van der Waals surface area contributed by atoms with Crippen LogP contribution in [0.1, 0.15) is 30.8 Å². The Balaban J connectivity index is 2.07. The molecule has 0 unspecified atom stereocenters. The van der Waals surface area contributed by atoms with Crippen LogP contribution in [-0.4, -0.2) is 23.1 Å². The second-order valence-electron chi connectivity index (χ2n) is 5.52. The summed E-state index contributed by atoms with van der Waals surface area (Å²) in [6.45, 7) is 10.5. The van der Waals surface area contributed by atoms with Gasteiger partial charge < -0.3 is 9.73 Å². The van der Waals surface area contributed by atoms with Gasteiger partial charge in [0.25, 0.3) is 0 Å². The molecule has 108 valence electrons. The topological polar surface area (TPSA) is 51.0 Å². The van der Waals surface area contributed by atoms with Crippen molar-refractivity contribution in [3.63, 3.8) is 0 Å². The summed E-state index contributed by atoms with van der Waals surface area (Å²) >= 11 is 0. The Bertz CT molecular complexity index is 524. The van der Waals surface area contributed by atoms with Gasteiger partial charge in [-0.1, -0.05) is 13.8 Å². The van der Waals surface area contributed by atoms with Crippen LogP contribution in [0.25, 0.3) is 11.6 Å². The highest BCUT2D eigenvalue weighted by Gasteiger charge is 2.11. The molecule has 4 heteroatoms. The van der Waals surface area contributed by atoms with Gasteiger partial charge in [0, 0.05) is 11.4 Å². The van der Waals surface area contributed by atoms with E-state index in [4.69, 9.17) is 4.42 Å². The van der Waals surface area contributed by atoms with Crippen molar-refractivity contribution in [2.24, 2.45) is 5.92 Å². The van der Waals surface area contributed by atoms with E-state index < -0.39 is 0 Å². The lowest BCUT2D eigenvalue weighted by Crippen LogP contribution is -2.23. The molecule has 2 aromatic heterocycles. The molecule has 2 aromatic rings. The fourth-order valence-corrected chi connectivity index (χ4v) is 2.22. The molecule has 0 aliphatic heterocycles. The van der Waals surface area contributed by atoms with E-state index in [-0.39, 0.29) is 0 Å². The molecule has 2 rings (SSSR count). The van der Waals surface area contributed by atoms with Gasteiger partial charge in [-0.15, -0.1) is 0 Å². The third kappa shape index (κ3) is 3.67. The van der Waals surface area contributed by atoms with Crippen LogP contribution in [0.5, 0.6) is 0 Å². The molecule has 0 bridgehead atoms. The van der Waals surface area contributed by atoms with Crippen molar-refractivity contribution in [2.45, 2.75) is 34.1 Å². The average molecular weight is 273 g/mol. The van der Waals surface area contributed by atoms with Crippen molar-refractivity contribution in [2.75, 3.05) is 13.1 Å². The maximum absolute atomic E-state index is 5.36. The van der Waals surface area contributed by atoms with Gasteiger partial charge in [0.2, 0.25) is 0 Å². The molecule has 4 nitrogen and oxygen atoms in total. The molecule has 2 heterocycles. The highest BCUT2D eigenvalue weighted by atomic mass is 16.3. The Morgan fingerprint density at radius 3 is 2.45 bits per heavy atom. The minimum atomic E-state index is 0.670. The largest absolute Gasteiger partial charge is 0.461 e. The number of nitrogens with zero attached hydrogens (tertiary/aromatic N) is 2. The molecule has 1 N–H and O–H groups in total. The molecule has 0 amide bonds. The molecule has 0 radical (unpaired) electrons. The maximum Gasteiger partial charge on any atom is 0.196 e. The van der Waals surface area contributed by atoms with Crippen LogP contribution in [-0.2, 0) is 6.42 Å². The van der Waals surface area contributed by atoms with E-state index in [0.717, 1.165) is 36.7 Å². The number of furan rings is 1. The highest BCUT2D eigenvalue weighted by molar-refractivity contribution is 5.48. The van der Waals surface area contributed by atoms with E-state index in [0.29, 0.717) is 11.7 Å². The SMILES string of the molecule is Cc1nc(-c2ccco2)nc(C)c1CCNCC(C)C. The van der Waals surface area contributed by atoms with Crippen molar-refractivity contribution >= 4 is 0 Å². The normalized spacial score (nSPS) is 11.2. The molecule has 0 spiro atoms. The Labute approximate surface area is 120 Å². The summed E-state index contributed by atoms with van der Waals surface area (Å²) in [5, 5.41) is 3.46. The highest BCUT2D eigenvalue weighted by Crippen LogP contribution is 2.19. The molecule has 0 fully saturated rings. The Kier molecular flexibility index (Phi) is 4.90. The lowest BCUT2D eigenvalue weighted by molar-refractivity contribution is 0.552. The maximum atomic E-state index is 5.36. The smallest absolute Gasteiger partial charge is 0.196 e. The average Bonchev–Trinajstić information content (AvgIpc) is 2.90. The molecule has 0 aromatic carbocycles. The van der Waals surface area contributed by atoms with Gasteiger partial charge in [0.05, 0.1) is 6.26 Å². The summed E-state index contributed by atoms with van der Waals surface area (Å²) in [5.41, 5.74) is 3.31. The monoisotopic (exact) mass is 273 g/mol. The first-order chi connectivity index (χ1) is 9.58. The van der Waals surface area contributed by atoms with E-state index in [1.54, 1.807) is 6.26 Å². The summed E-state index contributed by atoms with van der Waals surface area (Å²) in [5.74, 6) is 2.07. The van der Waals surface area contributed by atoms with Crippen LogP contribution in [0.3, 0.4) is 0 Å². The predicted octanol–water partition coefficient (Wildman–Crippen LogP) is 3.14. The van der Waals surface area contributed by atoms with Crippen LogP contribution >= 0.6 is 0 Å². The second-order valence-corrected chi connectivity index (χ2v) is 5.52. The Hall–Kier alpha value is -1.68. The number of rotatable bonds is 6. The third-order valence-electron chi connectivity index (χ3n) is 3.27. The van der Waals surface area contributed by atoms with E-state index in [9.17, 15) is 0 Å². The van der Waals surface area contributed by atoms with Crippen LogP contribution in [0.4, 0.5) is 0 Å². The minimum Gasteiger partial charge on any atom is -0.461 e. The number of nitrogens with one attached hydrogen (secondary N) is 1. The molecule has 0 saturated heterocycles. The Morgan fingerprint density at radius 1 is 1.20 bits per heavy atom. The summed E-state index contributed by atoms with van der Waals surface area (Å²) in [7, 11) is 0. The zero-order chi connectivity index (χ0) is 14.5. The zero-order valence-corrected chi connectivity index (χ0v) is 12.7. The van der Waals surface area contributed by atoms with Crippen molar-refractivity contribution < 1.29 is 4.42 Å². The van der Waals surface area contributed by atoms with E-state index in [2.05, 4.69) is 29.1 Å². The van der Waals surface area contributed by atoms with Gasteiger partial charge in [0.1, 0.15) is 0 Å².